The summed E-state index contributed by atoms with van der Waals surface area (Å²) >= 11 is 5.69. The van der Waals surface area contributed by atoms with E-state index in [0.29, 0.717) is 11.8 Å². The predicted molar refractivity (Wildman–Crippen MR) is 72.7 cm³/mol. The number of hydrogen-bond donors (Lipinski definition) is 2. The Hall–Kier alpha value is -0.640. The Morgan fingerprint density at radius 3 is 2.83 bits per heavy atom. The van der Waals surface area contributed by atoms with Gasteiger partial charge in [-0.3, -0.25) is 11.3 Å². The van der Waals surface area contributed by atoms with Crippen molar-refractivity contribution in [2.24, 2.45) is 17.7 Å². The van der Waals surface area contributed by atoms with Crippen molar-refractivity contribution in [3.8, 4) is 0 Å². The van der Waals surface area contributed by atoms with Gasteiger partial charge in [0, 0.05) is 6.04 Å². The molecule has 0 heterocycles. The van der Waals surface area contributed by atoms with E-state index in [9.17, 15) is 4.39 Å². The van der Waals surface area contributed by atoms with Gasteiger partial charge in [-0.1, -0.05) is 37.4 Å². The smallest absolute Gasteiger partial charge is 0.142 e. The van der Waals surface area contributed by atoms with Crippen LogP contribution in [0.3, 0.4) is 0 Å². The van der Waals surface area contributed by atoms with Gasteiger partial charge < -0.3 is 0 Å². The zero-order chi connectivity index (χ0) is 13.1. The van der Waals surface area contributed by atoms with Crippen molar-refractivity contribution in [3.63, 3.8) is 0 Å². The summed E-state index contributed by atoms with van der Waals surface area (Å²) in [6.07, 6.45) is 4.47. The summed E-state index contributed by atoms with van der Waals surface area (Å²) in [6.45, 7) is 2.27. The average Bonchev–Trinajstić information content (AvgIpc) is 2.77. The Labute approximate surface area is 113 Å². The molecule has 1 aliphatic rings. The molecule has 0 radical (unpaired) electrons. The molecule has 1 saturated carbocycles. The number of hydrogen-bond acceptors (Lipinski definition) is 2. The molecule has 2 rings (SSSR count). The van der Waals surface area contributed by atoms with E-state index in [1.165, 1.54) is 25.3 Å². The van der Waals surface area contributed by atoms with Crippen molar-refractivity contribution in [2.45, 2.75) is 38.6 Å². The van der Waals surface area contributed by atoms with Gasteiger partial charge in [-0.2, -0.15) is 0 Å². The van der Waals surface area contributed by atoms with E-state index in [4.69, 9.17) is 17.4 Å². The first-order valence-electron chi connectivity index (χ1n) is 6.52. The highest BCUT2D eigenvalue weighted by atomic mass is 35.5. The molecule has 3 N–H and O–H groups in total. The maximum Gasteiger partial charge on any atom is 0.142 e. The fraction of sp³-hybridized carbons (Fsp3) is 0.571. The van der Waals surface area contributed by atoms with Crippen LogP contribution >= 0.6 is 11.6 Å². The molecule has 1 aromatic carbocycles. The molecular weight excluding hydrogens is 251 g/mol. The molecule has 0 amide bonds. The average molecular weight is 271 g/mol. The second-order valence-corrected chi connectivity index (χ2v) is 5.70. The first kappa shape index (κ1) is 13.8. The summed E-state index contributed by atoms with van der Waals surface area (Å²) in [5.41, 5.74) is 3.85. The molecule has 100 valence electrons. The zero-order valence-corrected chi connectivity index (χ0v) is 11.4. The van der Waals surface area contributed by atoms with Gasteiger partial charge in [0.2, 0.25) is 0 Å². The lowest BCUT2D eigenvalue weighted by atomic mass is 9.87. The molecule has 2 nitrogen and oxygen atoms in total. The second-order valence-electron chi connectivity index (χ2n) is 5.30. The van der Waals surface area contributed by atoms with Gasteiger partial charge in [-0.05, 0) is 42.4 Å². The van der Waals surface area contributed by atoms with Gasteiger partial charge in [0.1, 0.15) is 5.82 Å². The first-order chi connectivity index (χ1) is 8.61. The Kier molecular flexibility index (Phi) is 4.60. The fourth-order valence-electron chi connectivity index (χ4n) is 3.03. The minimum atomic E-state index is -0.357. The van der Waals surface area contributed by atoms with E-state index < -0.39 is 0 Å². The van der Waals surface area contributed by atoms with E-state index in [1.807, 2.05) is 6.07 Å². The summed E-state index contributed by atoms with van der Waals surface area (Å²) in [5, 5.41) is 0.172. The van der Waals surface area contributed by atoms with Crippen LogP contribution in [0.2, 0.25) is 5.02 Å². The number of nitrogens with one attached hydrogen (secondary N) is 1. The normalized spacial score (nSPS) is 25.3. The molecule has 4 heteroatoms. The summed E-state index contributed by atoms with van der Waals surface area (Å²) in [6, 6.07) is 5.20. The SMILES string of the molecule is CC1CCCC1C(Cc1ccc(Cl)c(F)c1)NN. The lowest BCUT2D eigenvalue weighted by Crippen LogP contribution is -2.43. The van der Waals surface area contributed by atoms with Crippen molar-refractivity contribution in [1.29, 1.82) is 0 Å². The molecule has 0 aromatic heterocycles. The van der Waals surface area contributed by atoms with Gasteiger partial charge in [0.05, 0.1) is 5.02 Å². The van der Waals surface area contributed by atoms with E-state index >= 15 is 0 Å². The number of halogens is 2. The van der Waals surface area contributed by atoms with Gasteiger partial charge in [0.25, 0.3) is 0 Å². The molecule has 0 aliphatic heterocycles. The number of benzene rings is 1. The Morgan fingerprint density at radius 1 is 1.50 bits per heavy atom. The summed E-state index contributed by atoms with van der Waals surface area (Å²) in [4.78, 5) is 0. The van der Waals surface area contributed by atoms with E-state index in [1.54, 1.807) is 6.07 Å². The Balaban J connectivity index is 2.07. The summed E-state index contributed by atoms with van der Waals surface area (Å²) in [7, 11) is 0. The van der Waals surface area contributed by atoms with Crippen molar-refractivity contribution >= 4 is 11.6 Å². The standard InChI is InChI=1S/C14H20ClFN2/c1-9-3-2-4-11(9)14(18-17)8-10-5-6-12(15)13(16)7-10/h5-7,9,11,14,18H,2-4,8,17H2,1H3. The third kappa shape index (κ3) is 3.02. The summed E-state index contributed by atoms with van der Waals surface area (Å²) < 4.78 is 13.4. The van der Waals surface area contributed by atoms with Crippen LogP contribution in [0.4, 0.5) is 4.39 Å². The highest BCUT2D eigenvalue weighted by Crippen LogP contribution is 2.34. The molecule has 3 atom stereocenters. The van der Waals surface area contributed by atoms with Gasteiger partial charge in [0.15, 0.2) is 0 Å². The van der Waals surface area contributed by atoms with E-state index in [0.717, 1.165) is 12.0 Å². The van der Waals surface area contributed by atoms with Crippen LogP contribution in [-0.2, 0) is 6.42 Å². The van der Waals surface area contributed by atoms with Crippen molar-refractivity contribution < 1.29 is 4.39 Å². The zero-order valence-electron chi connectivity index (χ0n) is 10.6. The van der Waals surface area contributed by atoms with Gasteiger partial charge in [-0.15, -0.1) is 0 Å². The largest absolute Gasteiger partial charge is 0.271 e. The van der Waals surface area contributed by atoms with Crippen molar-refractivity contribution in [3.05, 3.63) is 34.6 Å². The first-order valence-corrected chi connectivity index (χ1v) is 6.89. The van der Waals surface area contributed by atoms with Crippen LogP contribution in [-0.4, -0.2) is 6.04 Å². The van der Waals surface area contributed by atoms with E-state index in [2.05, 4.69) is 12.3 Å². The third-order valence-corrected chi connectivity index (χ3v) is 4.40. The molecule has 1 fully saturated rings. The number of rotatable bonds is 4. The number of nitrogens with two attached hydrogens (primary N) is 1. The molecule has 0 saturated heterocycles. The van der Waals surface area contributed by atoms with Crippen LogP contribution < -0.4 is 11.3 Å². The van der Waals surface area contributed by atoms with E-state index in [-0.39, 0.29) is 16.9 Å². The second kappa shape index (κ2) is 6.00. The van der Waals surface area contributed by atoms with Crippen molar-refractivity contribution in [2.75, 3.05) is 0 Å². The van der Waals surface area contributed by atoms with Gasteiger partial charge >= 0.3 is 0 Å². The minimum Gasteiger partial charge on any atom is -0.271 e. The quantitative estimate of drug-likeness (QED) is 0.651. The maximum absolute atomic E-state index is 13.4. The van der Waals surface area contributed by atoms with Crippen LogP contribution in [0, 0.1) is 17.7 Å². The molecule has 0 bridgehead atoms. The summed E-state index contributed by atoms with van der Waals surface area (Å²) in [5.74, 6) is 6.56. The molecule has 3 unspecified atom stereocenters. The lowest BCUT2D eigenvalue weighted by Gasteiger charge is -2.26. The van der Waals surface area contributed by atoms with Crippen molar-refractivity contribution in [1.82, 2.24) is 5.43 Å². The topological polar surface area (TPSA) is 38.0 Å². The molecule has 1 aliphatic carbocycles. The molecule has 0 spiro atoms. The van der Waals surface area contributed by atoms with Gasteiger partial charge in [-0.25, -0.2) is 4.39 Å². The monoisotopic (exact) mass is 270 g/mol. The molecular formula is C14H20ClFN2. The predicted octanol–water partition coefficient (Wildman–Crippen LogP) is 3.29. The third-order valence-electron chi connectivity index (χ3n) is 4.10. The Morgan fingerprint density at radius 2 is 2.28 bits per heavy atom. The Bertz CT molecular complexity index is 411. The molecule has 18 heavy (non-hydrogen) atoms. The highest BCUT2D eigenvalue weighted by molar-refractivity contribution is 6.30. The number of hydrazine groups is 1. The minimum absolute atomic E-state index is 0.172. The fourth-order valence-corrected chi connectivity index (χ4v) is 3.14. The van der Waals surface area contributed by atoms with Crippen LogP contribution in [0.5, 0.6) is 0 Å². The lowest BCUT2D eigenvalue weighted by molar-refractivity contribution is 0.297. The van der Waals surface area contributed by atoms with Crippen LogP contribution in [0.25, 0.3) is 0 Å². The van der Waals surface area contributed by atoms with Crippen LogP contribution in [0.1, 0.15) is 31.7 Å². The highest BCUT2D eigenvalue weighted by Gasteiger charge is 2.30. The molecule has 1 aromatic rings. The maximum atomic E-state index is 13.4. The van der Waals surface area contributed by atoms with Crippen LogP contribution in [0.15, 0.2) is 18.2 Å².